The van der Waals surface area contributed by atoms with Crippen LogP contribution in [0.2, 0.25) is 0 Å². The topological polar surface area (TPSA) is 41.1 Å². The second kappa shape index (κ2) is 9.26. The molecule has 4 nitrogen and oxygen atoms in total. The van der Waals surface area contributed by atoms with Gasteiger partial charge in [0.15, 0.2) is 0 Å². The second-order valence-electron chi connectivity index (χ2n) is 6.44. The van der Waals surface area contributed by atoms with Crippen LogP contribution in [0.4, 0.5) is 0 Å². The van der Waals surface area contributed by atoms with Gasteiger partial charge in [0, 0.05) is 12.8 Å². The molecule has 2 aromatic carbocycles. The molecule has 0 aliphatic carbocycles. The first-order valence-electron chi connectivity index (χ1n) is 9.34. The third-order valence-corrected chi connectivity index (χ3v) is 5.54. The van der Waals surface area contributed by atoms with Crippen molar-refractivity contribution in [1.29, 1.82) is 0 Å². The van der Waals surface area contributed by atoms with E-state index in [1.807, 2.05) is 30.5 Å². The number of benzene rings is 2. The van der Waals surface area contributed by atoms with E-state index in [4.69, 9.17) is 4.42 Å². The number of allylic oxidation sites excluding steroid dienone is 1. The SMILES string of the molecule is C=CCN1C(c2ccc3ccccc3c2)=CSC1/C=N/N=C/C=C/c1ccco1. The molecule has 0 amide bonds. The lowest BCUT2D eigenvalue weighted by molar-refractivity contribution is 0.485. The zero-order chi connectivity index (χ0) is 19.9. The van der Waals surface area contributed by atoms with E-state index < -0.39 is 0 Å². The lowest BCUT2D eigenvalue weighted by atomic mass is 10.0. The lowest BCUT2D eigenvalue weighted by Gasteiger charge is -2.25. The van der Waals surface area contributed by atoms with E-state index in [1.54, 1.807) is 30.3 Å². The van der Waals surface area contributed by atoms with Crippen molar-refractivity contribution in [2.45, 2.75) is 5.37 Å². The molecular formula is C24H21N3OS. The Balaban J connectivity index is 1.45. The van der Waals surface area contributed by atoms with Crippen molar-refractivity contribution < 1.29 is 4.42 Å². The van der Waals surface area contributed by atoms with Gasteiger partial charge in [0.1, 0.15) is 11.1 Å². The van der Waals surface area contributed by atoms with Gasteiger partial charge in [-0.15, -0.1) is 18.3 Å². The van der Waals surface area contributed by atoms with Gasteiger partial charge < -0.3 is 9.32 Å². The Morgan fingerprint density at radius 3 is 2.79 bits per heavy atom. The standard InChI is InChI=1S/C24H21N3OS/c1-2-14-27-23(21-12-11-19-7-3-4-8-20(19)16-21)18-29-24(27)17-26-25-13-5-9-22-10-6-15-28-22/h2-13,15-18,24H,1,14H2/b9-5+,25-13+,26-17+. The molecule has 0 bridgehead atoms. The summed E-state index contributed by atoms with van der Waals surface area (Å²) in [7, 11) is 0. The summed E-state index contributed by atoms with van der Waals surface area (Å²) in [6.07, 6.45) is 10.7. The van der Waals surface area contributed by atoms with Gasteiger partial charge in [-0.25, -0.2) is 0 Å². The minimum atomic E-state index is 0.0840. The van der Waals surface area contributed by atoms with E-state index in [1.165, 1.54) is 22.0 Å². The van der Waals surface area contributed by atoms with Crippen LogP contribution in [0.5, 0.6) is 0 Å². The number of hydrogen-bond donors (Lipinski definition) is 0. The summed E-state index contributed by atoms with van der Waals surface area (Å²) >= 11 is 1.72. The summed E-state index contributed by atoms with van der Waals surface area (Å²) in [5.74, 6) is 0.785. The molecule has 1 unspecified atom stereocenters. The molecule has 0 radical (unpaired) electrons. The highest BCUT2D eigenvalue weighted by Gasteiger charge is 2.25. The number of furan rings is 1. The highest BCUT2D eigenvalue weighted by molar-refractivity contribution is 8.03. The minimum absolute atomic E-state index is 0.0840. The number of rotatable bonds is 7. The van der Waals surface area contributed by atoms with Crippen LogP contribution >= 0.6 is 11.8 Å². The molecule has 2 heterocycles. The molecular weight excluding hydrogens is 378 g/mol. The number of thioether (sulfide) groups is 1. The molecule has 0 spiro atoms. The Hall–Kier alpha value is -3.31. The first kappa shape index (κ1) is 19.0. The Bertz CT molecular complexity index is 1100. The van der Waals surface area contributed by atoms with Gasteiger partial charge in [-0.1, -0.05) is 42.5 Å². The number of hydrogen-bond acceptors (Lipinski definition) is 5. The lowest BCUT2D eigenvalue weighted by Crippen LogP contribution is -2.29. The van der Waals surface area contributed by atoms with Gasteiger partial charge in [-0.2, -0.15) is 10.2 Å². The van der Waals surface area contributed by atoms with Gasteiger partial charge >= 0.3 is 0 Å². The Morgan fingerprint density at radius 2 is 1.97 bits per heavy atom. The maximum Gasteiger partial charge on any atom is 0.126 e. The maximum absolute atomic E-state index is 5.23. The third kappa shape index (κ3) is 4.58. The summed E-state index contributed by atoms with van der Waals surface area (Å²) in [6.45, 7) is 4.65. The van der Waals surface area contributed by atoms with Crippen molar-refractivity contribution in [2.24, 2.45) is 10.2 Å². The van der Waals surface area contributed by atoms with Gasteiger partial charge in [-0.05, 0) is 52.1 Å². The van der Waals surface area contributed by atoms with Crippen LogP contribution in [-0.4, -0.2) is 29.2 Å². The average Bonchev–Trinajstić information content (AvgIpc) is 3.41. The monoisotopic (exact) mass is 399 g/mol. The predicted molar refractivity (Wildman–Crippen MR) is 125 cm³/mol. The molecule has 144 valence electrons. The van der Waals surface area contributed by atoms with Crippen molar-refractivity contribution in [2.75, 3.05) is 6.54 Å². The molecule has 3 aromatic rings. The molecule has 1 aliphatic heterocycles. The summed E-state index contributed by atoms with van der Waals surface area (Å²) in [5, 5.41) is 13.1. The highest BCUT2D eigenvalue weighted by Crippen LogP contribution is 2.36. The third-order valence-electron chi connectivity index (χ3n) is 4.52. The van der Waals surface area contributed by atoms with Crippen molar-refractivity contribution in [3.63, 3.8) is 0 Å². The summed E-state index contributed by atoms with van der Waals surface area (Å²) in [4.78, 5) is 2.28. The molecule has 1 atom stereocenters. The number of nitrogens with zero attached hydrogens (tertiary/aromatic N) is 3. The molecule has 5 heteroatoms. The summed E-state index contributed by atoms with van der Waals surface area (Å²) in [5.41, 5.74) is 2.37. The highest BCUT2D eigenvalue weighted by atomic mass is 32.2. The first-order chi connectivity index (χ1) is 14.3. The minimum Gasteiger partial charge on any atom is -0.465 e. The quantitative estimate of drug-likeness (QED) is 0.275. The molecule has 0 saturated carbocycles. The van der Waals surface area contributed by atoms with Crippen LogP contribution in [-0.2, 0) is 0 Å². The van der Waals surface area contributed by atoms with E-state index in [9.17, 15) is 0 Å². The average molecular weight is 400 g/mol. The normalized spacial score (nSPS) is 17.2. The Kier molecular flexibility index (Phi) is 6.07. The fourth-order valence-electron chi connectivity index (χ4n) is 3.15. The van der Waals surface area contributed by atoms with Gasteiger partial charge in [-0.3, -0.25) is 0 Å². The van der Waals surface area contributed by atoms with Crippen molar-refractivity contribution >= 4 is 46.7 Å². The molecule has 4 rings (SSSR count). The van der Waals surface area contributed by atoms with Crippen molar-refractivity contribution in [3.8, 4) is 0 Å². The summed E-state index contributed by atoms with van der Waals surface area (Å²) < 4.78 is 5.23. The molecule has 0 N–H and O–H groups in total. The van der Waals surface area contributed by atoms with Crippen LogP contribution in [0.15, 0.2) is 99.6 Å². The molecule has 1 aliphatic rings. The van der Waals surface area contributed by atoms with E-state index in [0.29, 0.717) is 0 Å². The smallest absolute Gasteiger partial charge is 0.126 e. The van der Waals surface area contributed by atoms with Gasteiger partial charge in [0.05, 0.1) is 18.2 Å². The Labute approximate surface area is 174 Å². The largest absolute Gasteiger partial charge is 0.465 e. The fraction of sp³-hybridized carbons (Fsp3) is 0.0833. The summed E-state index contributed by atoms with van der Waals surface area (Å²) in [6, 6.07) is 18.7. The molecule has 0 saturated heterocycles. The van der Waals surface area contributed by atoms with E-state index in [2.05, 4.69) is 69.6 Å². The first-order valence-corrected chi connectivity index (χ1v) is 10.3. The van der Waals surface area contributed by atoms with E-state index in [-0.39, 0.29) is 5.37 Å². The van der Waals surface area contributed by atoms with Crippen LogP contribution < -0.4 is 0 Å². The number of fused-ring (bicyclic) bond motifs is 1. The zero-order valence-electron chi connectivity index (χ0n) is 15.9. The Morgan fingerprint density at radius 1 is 1.07 bits per heavy atom. The van der Waals surface area contributed by atoms with Crippen LogP contribution in [0.1, 0.15) is 11.3 Å². The van der Waals surface area contributed by atoms with Crippen molar-refractivity contribution in [1.82, 2.24) is 4.90 Å². The maximum atomic E-state index is 5.23. The zero-order valence-corrected chi connectivity index (χ0v) is 16.7. The predicted octanol–water partition coefficient (Wildman–Crippen LogP) is 6.06. The van der Waals surface area contributed by atoms with Gasteiger partial charge in [0.25, 0.3) is 0 Å². The van der Waals surface area contributed by atoms with Crippen molar-refractivity contribution in [3.05, 3.63) is 96.3 Å². The molecule has 1 aromatic heterocycles. The molecule has 29 heavy (non-hydrogen) atoms. The van der Waals surface area contributed by atoms with Gasteiger partial charge in [0.2, 0.25) is 0 Å². The second-order valence-corrected chi connectivity index (χ2v) is 7.43. The van der Waals surface area contributed by atoms with E-state index >= 15 is 0 Å². The molecule has 0 fully saturated rings. The van der Waals surface area contributed by atoms with Crippen LogP contribution in [0.3, 0.4) is 0 Å². The fourth-order valence-corrected chi connectivity index (χ4v) is 4.16. The van der Waals surface area contributed by atoms with E-state index in [0.717, 1.165) is 12.3 Å². The van der Waals surface area contributed by atoms with Crippen LogP contribution in [0, 0.1) is 0 Å². The van der Waals surface area contributed by atoms with Crippen LogP contribution in [0.25, 0.3) is 22.5 Å².